The van der Waals surface area contributed by atoms with E-state index in [0.29, 0.717) is 23.8 Å². The smallest absolute Gasteiger partial charge is 0.264 e. The van der Waals surface area contributed by atoms with Gasteiger partial charge in [0.25, 0.3) is 5.91 Å². The normalized spacial score (nSPS) is 19.3. The Bertz CT molecular complexity index is 946. The van der Waals surface area contributed by atoms with Crippen molar-refractivity contribution in [3.8, 4) is 5.75 Å². The Hall–Kier alpha value is -2.28. The van der Waals surface area contributed by atoms with E-state index in [1.165, 1.54) is 5.56 Å². The van der Waals surface area contributed by atoms with E-state index in [9.17, 15) is 13.2 Å². The standard InChI is InChI=1S/C22H29NO5S/c1-15(2)18-6-9-20(10-7-18)28-17(4)22(24)23(13-21-8-5-16(3)27-21)19-11-12-29(25,26)14-19/h5-10,15,17,19H,11-14H2,1-4H3/t17-,19+/m0/s1. The molecule has 6 nitrogen and oxygen atoms in total. The number of amides is 1. The Morgan fingerprint density at radius 2 is 1.86 bits per heavy atom. The van der Waals surface area contributed by atoms with Crippen molar-refractivity contribution in [2.75, 3.05) is 11.5 Å². The summed E-state index contributed by atoms with van der Waals surface area (Å²) >= 11 is 0. The lowest BCUT2D eigenvalue weighted by molar-refractivity contribution is -0.140. The number of hydrogen-bond donors (Lipinski definition) is 0. The third kappa shape index (κ3) is 5.41. The van der Waals surface area contributed by atoms with Gasteiger partial charge >= 0.3 is 0 Å². The van der Waals surface area contributed by atoms with Crippen LogP contribution in [0.1, 0.15) is 50.2 Å². The van der Waals surface area contributed by atoms with Crippen molar-refractivity contribution in [1.82, 2.24) is 4.90 Å². The van der Waals surface area contributed by atoms with Gasteiger partial charge in [-0.25, -0.2) is 8.42 Å². The summed E-state index contributed by atoms with van der Waals surface area (Å²) < 4.78 is 35.5. The van der Waals surface area contributed by atoms with Crippen LogP contribution in [0.5, 0.6) is 5.75 Å². The predicted octanol–water partition coefficient (Wildman–Crippen LogP) is 3.69. The maximum Gasteiger partial charge on any atom is 0.264 e. The number of carbonyl (C=O) groups is 1. The second kappa shape index (κ2) is 8.61. The maximum absolute atomic E-state index is 13.2. The van der Waals surface area contributed by atoms with Crippen LogP contribution in [-0.2, 0) is 21.2 Å². The number of sulfone groups is 1. The number of aryl methyl sites for hydroxylation is 1. The van der Waals surface area contributed by atoms with Gasteiger partial charge < -0.3 is 14.1 Å². The zero-order chi connectivity index (χ0) is 21.2. The highest BCUT2D eigenvalue weighted by Crippen LogP contribution is 2.24. The van der Waals surface area contributed by atoms with Gasteiger partial charge in [0.05, 0.1) is 18.1 Å². The molecule has 0 unspecified atom stereocenters. The fourth-order valence-electron chi connectivity index (χ4n) is 3.57. The quantitative estimate of drug-likeness (QED) is 0.684. The second-order valence-electron chi connectivity index (χ2n) is 8.02. The highest BCUT2D eigenvalue weighted by atomic mass is 32.2. The van der Waals surface area contributed by atoms with Crippen molar-refractivity contribution >= 4 is 15.7 Å². The number of nitrogens with zero attached hydrogens (tertiary/aromatic N) is 1. The molecule has 0 aliphatic carbocycles. The Labute approximate surface area is 172 Å². The molecule has 1 amide bonds. The molecule has 1 fully saturated rings. The van der Waals surface area contributed by atoms with E-state index < -0.39 is 15.9 Å². The molecule has 158 valence electrons. The second-order valence-corrected chi connectivity index (χ2v) is 10.2. The molecule has 2 atom stereocenters. The summed E-state index contributed by atoms with van der Waals surface area (Å²) in [4.78, 5) is 14.8. The molecule has 1 aromatic heterocycles. The van der Waals surface area contributed by atoms with Crippen LogP contribution < -0.4 is 4.74 Å². The third-order valence-corrected chi connectivity index (χ3v) is 7.01. The van der Waals surface area contributed by atoms with Crippen LogP contribution in [0.15, 0.2) is 40.8 Å². The predicted molar refractivity (Wildman–Crippen MR) is 112 cm³/mol. The molecule has 0 N–H and O–H groups in total. The first-order chi connectivity index (χ1) is 13.6. The van der Waals surface area contributed by atoms with Crippen molar-refractivity contribution in [3.63, 3.8) is 0 Å². The summed E-state index contributed by atoms with van der Waals surface area (Å²) in [6, 6.07) is 11.0. The van der Waals surface area contributed by atoms with Gasteiger partial charge in [-0.2, -0.15) is 0 Å². The van der Waals surface area contributed by atoms with Gasteiger partial charge in [0.15, 0.2) is 15.9 Å². The van der Waals surface area contributed by atoms with E-state index in [0.717, 1.165) is 5.76 Å². The van der Waals surface area contributed by atoms with Gasteiger partial charge in [-0.15, -0.1) is 0 Å². The summed E-state index contributed by atoms with van der Waals surface area (Å²) in [5.41, 5.74) is 1.20. The summed E-state index contributed by atoms with van der Waals surface area (Å²) in [6.45, 7) is 8.00. The van der Waals surface area contributed by atoms with Gasteiger partial charge in [0.2, 0.25) is 0 Å². The minimum atomic E-state index is -3.12. The van der Waals surface area contributed by atoms with Gasteiger partial charge in [0.1, 0.15) is 17.3 Å². The van der Waals surface area contributed by atoms with Crippen LogP contribution in [0.2, 0.25) is 0 Å². The van der Waals surface area contributed by atoms with E-state index in [4.69, 9.17) is 9.15 Å². The van der Waals surface area contributed by atoms with Crippen LogP contribution in [0.4, 0.5) is 0 Å². The fraction of sp³-hybridized carbons (Fsp3) is 0.500. The Morgan fingerprint density at radius 1 is 1.17 bits per heavy atom. The molecule has 0 saturated carbocycles. The summed E-state index contributed by atoms with van der Waals surface area (Å²) in [5.74, 6) is 2.25. The molecule has 3 rings (SSSR count). The summed E-state index contributed by atoms with van der Waals surface area (Å²) in [7, 11) is -3.12. The third-order valence-electron chi connectivity index (χ3n) is 5.26. The van der Waals surface area contributed by atoms with E-state index in [2.05, 4.69) is 13.8 Å². The van der Waals surface area contributed by atoms with Crippen molar-refractivity contribution in [2.45, 2.75) is 58.7 Å². The van der Waals surface area contributed by atoms with Gasteiger partial charge in [0, 0.05) is 6.04 Å². The summed E-state index contributed by atoms with van der Waals surface area (Å²) in [6.07, 6.45) is -0.303. The van der Waals surface area contributed by atoms with Gasteiger partial charge in [-0.1, -0.05) is 26.0 Å². The molecular formula is C22H29NO5S. The number of furan rings is 1. The van der Waals surface area contributed by atoms with Crippen LogP contribution in [-0.4, -0.2) is 42.9 Å². The molecule has 1 saturated heterocycles. The van der Waals surface area contributed by atoms with Gasteiger partial charge in [-0.05, 0) is 56.0 Å². The number of carbonyl (C=O) groups excluding carboxylic acids is 1. The van der Waals surface area contributed by atoms with E-state index in [1.54, 1.807) is 11.8 Å². The van der Waals surface area contributed by atoms with Gasteiger partial charge in [-0.3, -0.25) is 4.79 Å². The van der Waals surface area contributed by atoms with Crippen molar-refractivity contribution in [2.24, 2.45) is 0 Å². The number of rotatable bonds is 7. The molecule has 2 aromatic rings. The molecule has 29 heavy (non-hydrogen) atoms. The first-order valence-corrected chi connectivity index (χ1v) is 11.8. The SMILES string of the molecule is Cc1ccc(CN(C(=O)[C@H](C)Oc2ccc(C(C)C)cc2)[C@@H]2CCS(=O)(=O)C2)o1. The van der Waals surface area contributed by atoms with Crippen LogP contribution in [0.25, 0.3) is 0 Å². The zero-order valence-corrected chi connectivity index (χ0v) is 18.2. The highest BCUT2D eigenvalue weighted by molar-refractivity contribution is 7.91. The lowest BCUT2D eigenvalue weighted by Gasteiger charge is -2.30. The highest BCUT2D eigenvalue weighted by Gasteiger charge is 2.37. The summed E-state index contributed by atoms with van der Waals surface area (Å²) in [5, 5.41) is 0. The molecule has 0 bridgehead atoms. The molecule has 1 aliphatic rings. The first-order valence-electron chi connectivity index (χ1n) is 9.97. The molecule has 1 aromatic carbocycles. The number of benzene rings is 1. The van der Waals surface area contributed by atoms with E-state index >= 15 is 0 Å². The molecule has 0 radical (unpaired) electrons. The monoisotopic (exact) mass is 419 g/mol. The zero-order valence-electron chi connectivity index (χ0n) is 17.4. The molecule has 0 spiro atoms. The minimum absolute atomic E-state index is 0.0196. The number of hydrogen-bond acceptors (Lipinski definition) is 5. The molecular weight excluding hydrogens is 390 g/mol. The Balaban J connectivity index is 1.75. The lowest BCUT2D eigenvalue weighted by Crippen LogP contribution is -2.46. The largest absolute Gasteiger partial charge is 0.481 e. The fourth-order valence-corrected chi connectivity index (χ4v) is 5.30. The van der Waals surface area contributed by atoms with Crippen LogP contribution >= 0.6 is 0 Å². The minimum Gasteiger partial charge on any atom is -0.481 e. The van der Waals surface area contributed by atoms with Crippen molar-refractivity contribution in [3.05, 3.63) is 53.5 Å². The van der Waals surface area contributed by atoms with E-state index in [1.807, 2.05) is 43.3 Å². The van der Waals surface area contributed by atoms with Crippen molar-refractivity contribution in [1.29, 1.82) is 0 Å². The lowest BCUT2D eigenvalue weighted by atomic mass is 10.0. The Morgan fingerprint density at radius 3 is 2.38 bits per heavy atom. The average molecular weight is 420 g/mol. The number of ether oxygens (including phenoxy) is 1. The molecule has 1 aliphatic heterocycles. The Kier molecular flexibility index (Phi) is 6.36. The van der Waals surface area contributed by atoms with Crippen LogP contribution in [0.3, 0.4) is 0 Å². The molecule has 7 heteroatoms. The average Bonchev–Trinajstić information content (AvgIpc) is 3.24. The topological polar surface area (TPSA) is 76.8 Å². The van der Waals surface area contributed by atoms with E-state index in [-0.39, 0.29) is 30.0 Å². The first kappa shape index (κ1) is 21.4. The van der Waals surface area contributed by atoms with Crippen LogP contribution in [0, 0.1) is 6.92 Å². The maximum atomic E-state index is 13.2. The molecule has 2 heterocycles. The van der Waals surface area contributed by atoms with Crippen molar-refractivity contribution < 1.29 is 22.4 Å².